The van der Waals surface area contributed by atoms with Gasteiger partial charge in [-0.2, -0.15) is 0 Å². The average Bonchev–Trinajstić information content (AvgIpc) is 3.23. The maximum absolute atomic E-state index is 5.62. The minimum atomic E-state index is 0.760. The van der Waals surface area contributed by atoms with Crippen molar-refractivity contribution < 1.29 is 4.74 Å². The first-order chi connectivity index (χ1) is 8.83. The monoisotopic (exact) mass is 248 g/mol. The van der Waals surface area contributed by atoms with Gasteiger partial charge in [-0.05, 0) is 49.6 Å². The standard InChI is InChI=1S/C15H24N2O/c1-18-15-7-5-14(6-8-15)17(11-2-10-16)12-9-13-3-4-13/h5-8,13H,2-4,9-12,16H2,1H3. The van der Waals surface area contributed by atoms with E-state index < -0.39 is 0 Å². The number of nitrogens with zero attached hydrogens (tertiary/aromatic N) is 1. The Kier molecular flexibility index (Phi) is 4.88. The Morgan fingerprint density at radius 3 is 2.50 bits per heavy atom. The topological polar surface area (TPSA) is 38.5 Å². The Balaban J connectivity index is 1.94. The molecule has 0 aromatic heterocycles. The van der Waals surface area contributed by atoms with Crippen LogP contribution >= 0.6 is 0 Å². The van der Waals surface area contributed by atoms with E-state index in [1.54, 1.807) is 7.11 Å². The van der Waals surface area contributed by atoms with Crippen LogP contribution in [-0.2, 0) is 0 Å². The molecule has 3 heteroatoms. The summed E-state index contributed by atoms with van der Waals surface area (Å²) < 4.78 is 5.20. The van der Waals surface area contributed by atoms with Crippen LogP contribution < -0.4 is 15.4 Å². The van der Waals surface area contributed by atoms with Crippen molar-refractivity contribution in [3.05, 3.63) is 24.3 Å². The Labute approximate surface area is 110 Å². The van der Waals surface area contributed by atoms with Crippen LogP contribution in [0.5, 0.6) is 5.75 Å². The van der Waals surface area contributed by atoms with Gasteiger partial charge in [0.25, 0.3) is 0 Å². The SMILES string of the molecule is COc1ccc(N(CCCN)CCC2CC2)cc1. The zero-order chi connectivity index (χ0) is 12.8. The van der Waals surface area contributed by atoms with Crippen LogP contribution in [0.4, 0.5) is 5.69 Å². The number of methoxy groups -OCH3 is 1. The molecule has 1 fully saturated rings. The van der Waals surface area contributed by atoms with Crippen molar-refractivity contribution in [2.75, 3.05) is 31.6 Å². The molecule has 1 saturated carbocycles. The van der Waals surface area contributed by atoms with Crippen molar-refractivity contribution in [1.29, 1.82) is 0 Å². The minimum absolute atomic E-state index is 0.760. The molecule has 2 rings (SSSR count). The molecule has 1 aliphatic carbocycles. The third-order valence-corrected chi connectivity index (χ3v) is 3.57. The molecule has 100 valence electrons. The quantitative estimate of drug-likeness (QED) is 0.768. The zero-order valence-corrected chi connectivity index (χ0v) is 11.3. The summed E-state index contributed by atoms with van der Waals surface area (Å²) >= 11 is 0. The number of hydrogen-bond acceptors (Lipinski definition) is 3. The molecule has 0 saturated heterocycles. The summed E-state index contributed by atoms with van der Waals surface area (Å²) in [6, 6.07) is 8.34. The second-order valence-corrected chi connectivity index (χ2v) is 5.06. The van der Waals surface area contributed by atoms with Gasteiger partial charge in [-0.15, -0.1) is 0 Å². The maximum atomic E-state index is 5.62. The summed E-state index contributed by atoms with van der Waals surface area (Å²) in [5, 5.41) is 0. The first-order valence-corrected chi connectivity index (χ1v) is 6.92. The van der Waals surface area contributed by atoms with E-state index >= 15 is 0 Å². The van der Waals surface area contributed by atoms with Crippen LogP contribution in [0.1, 0.15) is 25.7 Å². The molecule has 0 heterocycles. The second kappa shape index (κ2) is 6.64. The Morgan fingerprint density at radius 2 is 1.94 bits per heavy atom. The lowest BCUT2D eigenvalue weighted by Crippen LogP contribution is -2.27. The summed E-state index contributed by atoms with van der Waals surface area (Å²) in [7, 11) is 1.70. The summed E-state index contributed by atoms with van der Waals surface area (Å²) in [5.74, 6) is 1.89. The average molecular weight is 248 g/mol. The molecule has 0 amide bonds. The smallest absolute Gasteiger partial charge is 0.119 e. The number of rotatable bonds is 8. The normalized spacial score (nSPS) is 14.6. The fraction of sp³-hybridized carbons (Fsp3) is 0.600. The fourth-order valence-corrected chi connectivity index (χ4v) is 2.19. The highest BCUT2D eigenvalue weighted by Gasteiger charge is 2.21. The molecule has 0 radical (unpaired) electrons. The first-order valence-electron chi connectivity index (χ1n) is 6.92. The van der Waals surface area contributed by atoms with Gasteiger partial charge in [-0.25, -0.2) is 0 Å². The maximum Gasteiger partial charge on any atom is 0.119 e. The minimum Gasteiger partial charge on any atom is -0.497 e. The molecular weight excluding hydrogens is 224 g/mol. The van der Waals surface area contributed by atoms with E-state index in [0.717, 1.165) is 37.7 Å². The number of nitrogens with two attached hydrogens (primary N) is 1. The summed E-state index contributed by atoms with van der Waals surface area (Å²) in [5.41, 5.74) is 6.90. The van der Waals surface area contributed by atoms with E-state index in [1.807, 2.05) is 12.1 Å². The van der Waals surface area contributed by atoms with Crippen molar-refractivity contribution in [2.45, 2.75) is 25.7 Å². The molecule has 1 aromatic rings. The van der Waals surface area contributed by atoms with Crippen LogP contribution in [-0.4, -0.2) is 26.7 Å². The number of anilines is 1. The lowest BCUT2D eigenvalue weighted by Gasteiger charge is -2.25. The summed E-state index contributed by atoms with van der Waals surface area (Å²) in [6.45, 7) is 2.96. The van der Waals surface area contributed by atoms with E-state index in [9.17, 15) is 0 Å². The summed E-state index contributed by atoms with van der Waals surface area (Å²) in [6.07, 6.45) is 5.22. The number of hydrogen-bond donors (Lipinski definition) is 1. The Hall–Kier alpha value is -1.22. The van der Waals surface area contributed by atoms with E-state index in [2.05, 4.69) is 17.0 Å². The van der Waals surface area contributed by atoms with Gasteiger partial charge in [-0.1, -0.05) is 12.8 Å². The van der Waals surface area contributed by atoms with Crippen molar-refractivity contribution in [3.8, 4) is 5.75 Å². The van der Waals surface area contributed by atoms with Crippen LogP contribution in [0.15, 0.2) is 24.3 Å². The summed E-state index contributed by atoms with van der Waals surface area (Å²) in [4.78, 5) is 2.45. The predicted molar refractivity (Wildman–Crippen MR) is 76.2 cm³/mol. The van der Waals surface area contributed by atoms with Gasteiger partial charge in [-0.3, -0.25) is 0 Å². The van der Waals surface area contributed by atoms with Crippen molar-refractivity contribution >= 4 is 5.69 Å². The van der Waals surface area contributed by atoms with Gasteiger partial charge < -0.3 is 15.4 Å². The van der Waals surface area contributed by atoms with E-state index in [0.29, 0.717) is 0 Å². The van der Waals surface area contributed by atoms with Crippen LogP contribution in [0.3, 0.4) is 0 Å². The third-order valence-electron chi connectivity index (χ3n) is 3.57. The second-order valence-electron chi connectivity index (χ2n) is 5.06. The first kappa shape index (κ1) is 13.2. The Morgan fingerprint density at radius 1 is 1.22 bits per heavy atom. The molecule has 0 aliphatic heterocycles. The third kappa shape index (κ3) is 3.91. The molecule has 0 atom stereocenters. The molecule has 18 heavy (non-hydrogen) atoms. The molecule has 3 nitrogen and oxygen atoms in total. The fourth-order valence-electron chi connectivity index (χ4n) is 2.19. The van der Waals surface area contributed by atoms with Crippen LogP contribution in [0.2, 0.25) is 0 Å². The lowest BCUT2D eigenvalue weighted by molar-refractivity contribution is 0.415. The van der Waals surface area contributed by atoms with Gasteiger partial charge in [0.15, 0.2) is 0 Å². The van der Waals surface area contributed by atoms with Crippen molar-refractivity contribution in [1.82, 2.24) is 0 Å². The number of benzene rings is 1. The lowest BCUT2D eigenvalue weighted by atomic mass is 10.2. The zero-order valence-electron chi connectivity index (χ0n) is 11.3. The highest BCUT2D eigenvalue weighted by atomic mass is 16.5. The molecule has 0 spiro atoms. The molecule has 0 unspecified atom stereocenters. The van der Waals surface area contributed by atoms with Crippen LogP contribution in [0, 0.1) is 5.92 Å². The molecule has 2 N–H and O–H groups in total. The van der Waals surface area contributed by atoms with Crippen LogP contribution in [0.25, 0.3) is 0 Å². The van der Waals surface area contributed by atoms with Gasteiger partial charge in [0.05, 0.1) is 7.11 Å². The Bertz CT molecular complexity index is 346. The van der Waals surface area contributed by atoms with E-state index in [-0.39, 0.29) is 0 Å². The number of ether oxygens (including phenoxy) is 1. The van der Waals surface area contributed by atoms with Gasteiger partial charge in [0, 0.05) is 18.8 Å². The molecular formula is C15H24N2O. The van der Waals surface area contributed by atoms with Crippen molar-refractivity contribution in [3.63, 3.8) is 0 Å². The van der Waals surface area contributed by atoms with Gasteiger partial charge >= 0.3 is 0 Å². The van der Waals surface area contributed by atoms with Gasteiger partial charge in [0.2, 0.25) is 0 Å². The highest BCUT2D eigenvalue weighted by Crippen LogP contribution is 2.33. The molecule has 0 bridgehead atoms. The highest BCUT2D eigenvalue weighted by molar-refractivity contribution is 5.49. The molecule has 1 aliphatic rings. The molecule has 1 aromatic carbocycles. The predicted octanol–water partition coefficient (Wildman–Crippen LogP) is 2.65. The van der Waals surface area contributed by atoms with E-state index in [1.165, 1.54) is 24.9 Å². The van der Waals surface area contributed by atoms with E-state index in [4.69, 9.17) is 10.5 Å². The largest absolute Gasteiger partial charge is 0.497 e. The van der Waals surface area contributed by atoms with Gasteiger partial charge in [0.1, 0.15) is 5.75 Å². The van der Waals surface area contributed by atoms with Crippen molar-refractivity contribution in [2.24, 2.45) is 11.7 Å².